The molecule has 0 N–H and O–H groups in total. The zero-order chi connectivity index (χ0) is 13.1. The summed E-state index contributed by atoms with van der Waals surface area (Å²) in [5.41, 5.74) is 4.67. The number of allylic oxidation sites excluding steroid dienone is 5. The van der Waals surface area contributed by atoms with Crippen LogP contribution < -0.4 is 0 Å². The Labute approximate surface area is 127 Å². The SMILES string of the molecule is CCCCC1=C[CH]([Zr][C]2=CCc3ccccc32)C=C1. The van der Waals surface area contributed by atoms with Gasteiger partial charge < -0.3 is 0 Å². The molecule has 0 aliphatic heterocycles. The Morgan fingerprint density at radius 3 is 3.05 bits per heavy atom. The molecule has 1 heteroatoms. The van der Waals surface area contributed by atoms with Crippen molar-refractivity contribution < 1.29 is 23.2 Å². The van der Waals surface area contributed by atoms with Crippen LogP contribution in [0.5, 0.6) is 0 Å². The Kier molecular flexibility index (Phi) is 4.33. The number of fused-ring (bicyclic) bond motifs is 1. The molecule has 0 nitrogen and oxygen atoms in total. The second-order valence-corrected chi connectivity index (χ2v) is 9.03. The van der Waals surface area contributed by atoms with E-state index >= 15 is 0 Å². The summed E-state index contributed by atoms with van der Waals surface area (Å²) in [5.74, 6) is 0. The maximum atomic E-state index is 2.55. The first-order valence-electron chi connectivity index (χ1n) is 7.30. The molecule has 19 heavy (non-hydrogen) atoms. The molecule has 3 rings (SSSR count). The molecule has 2 aliphatic rings. The maximum absolute atomic E-state index is 2.55. The molecule has 0 amide bonds. The van der Waals surface area contributed by atoms with E-state index in [9.17, 15) is 0 Å². The Bertz CT molecular complexity index is 549. The fraction of sp³-hybridized carbons (Fsp3) is 0.333. The summed E-state index contributed by atoms with van der Waals surface area (Å²) in [6.07, 6.45) is 14.9. The van der Waals surface area contributed by atoms with Crippen molar-refractivity contribution in [3.05, 3.63) is 65.3 Å². The van der Waals surface area contributed by atoms with Gasteiger partial charge in [0.05, 0.1) is 0 Å². The molecule has 1 aromatic rings. The molecule has 0 bridgehead atoms. The molecule has 0 spiro atoms. The van der Waals surface area contributed by atoms with E-state index < -0.39 is 23.2 Å². The van der Waals surface area contributed by atoms with E-state index in [1.807, 2.05) is 0 Å². The molecule has 0 radical (unpaired) electrons. The van der Waals surface area contributed by atoms with Crippen LogP contribution in [0.25, 0.3) is 3.28 Å². The van der Waals surface area contributed by atoms with Crippen molar-refractivity contribution in [3.8, 4) is 0 Å². The van der Waals surface area contributed by atoms with Gasteiger partial charge in [0.1, 0.15) is 0 Å². The number of hydrogen-bond donors (Lipinski definition) is 0. The van der Waals surface area contributed by atoms with E-state index in [0.717, 1.165) is 10.0 Å². The van der Waals surface area contributed by atoms with E-state index in [4.69, 9.17) is 0 Å². The van der Waals surface area contributed by atoms with Crippen LogP contribution >= 0.6 is 0 Å². The Hall–Kier alpha value is -0.677. The van der Waals surface area contributed by atoms with Gasteiger partial charge >= 0.3 is 128 Å². The summed E-state index contributed by atoms with van der Waals surface area (Å²) in [7, 11) is 0. The summed E-state index contributed by atoms with van der Waals surface area (Å²) in [4.78, 5) is 0. The summed E-state index contributed by atoms with van der Waals surface area (Å²) in [6, 6.07) is 8.95. The molecule has 1 unspecified atom stereocenters. The van der Waals surface area contributed by atoms with Gasteiger partial charge in [0.2, 0.25) is 0 Å². The van der Waals surface area contributed by atoms with Crippen LogP contribution in [0.2, 0.25) is 3.63 Å². The predicted molar refractivity (Wildman–Crippen MR) is 78.6 cm³/mol. The molecule has 2 aliphatic carbocycles. The van der Waals surface area contributed by atoms with Gasteiger partial charge in [-0.05, 0) is 0 Å². The topological polar surface area (TPSA) is 0 Å². The molecular weight excluding hydrogens is 307 g/mol. The van der Waals surface area contributed by atoms with Gasteiger partial charge in [-0.3, -0.25) is 0 Å². The predicted octanol–water partition coefficient (Wildman–Crippen LogP) is 5.14. The van der Waals surface area contributed by atoms with Gasteiger partial charge in [0, 0.05) is 0 Å². The third-order valence-corrected chi connectivity index (χ3v) is 7.52. The van der Waals surface area contributed by atoms with Crippen molar-refractivity contribution in [2.75, 3.05) is 0 Å². The fourth-order valence-electron chi connectivity index (χ4n) is 2.81. The summed E-state index contributed by atoms with van der Waals surface area (Å²) in [5, 5.41) is 0. The first-order valence-corrected chi connectivity index (χ1v) is 9.95. The quantitative estimate of drug-likeness (QED) is 0.702. The van der Waals surface area contributed by atoms with E-state index in [1.54, 1.807) is 14.4 Å². The van der Waals surface area contributed by atoms with Gasteiger partial charge in [-0.25, -0.2) is 0 Å². The molecule has 0 fully saturated rings. The first kappa shape index (κ1) is 13.3. The zero-order valence-corrected chi connectivity index (χ0v) is 14.0. The van der Waals surface area contributed by atoms with Crippen LogP contribution in [0.1, 0.15) is 37.3 Å². The van der Waals surface area contributed by atoms with Crippen LogP contribution in [0.4, 0.5) is 0 Å². The first-order chi connectivity index (χ1) is 9.36. The van der Waals surface area contributed by atoms with Crippen LogP contribution in [-0.4, -0.2) is 0 Å². The minimum atomic E-state index is -0.509. The summed E-state index contributed by atoms with van der Waals surface area (Å²) in [6.45, 7) is 2.27. The molecule has 0 saturated heterocycles. The van der Waals surface area contributed by atoms with Gasteiger partial charge in [-0.15, -0.1) is 0 Å². The summed E-state index contributed by atoms with van der Waals surface area (Å²) >= 11 is -0.509. The van der Waals surface area contributed by atoms with Crippen molar-refractivity contribution in [1.29, 1.82) is 0 Å². The normalized spacial score (nSPS) is 20.2. The molecule has 0 aromatic heterocycles. The number of rotatable bonds is 5. The van der Waals surface area contributed by atoms with Crippen molar-refractivity contribution in [2.45, 2.75) is 36.2 Å². The Balaban J connectivity index is 1.65. The van der Waals surface area contributed by atoms with Crippen molar-refractivity contribution in [1.82, 2.24) is 0 Å². The molecule has 0 saturated carbocycles. The van der Waals surface area contributed by atoms with Gasteiger partial charge in [-0.1, -0.05) is 0 Å². The van der Waals surface area contributed by atoms with Crippen LogP contribution in [0.3, 0.4) is 0 Å². The fourth-order valence-corrected chi connectivity index (χ4v) is 6.41. The van der Waals surface area contributed by atoms with E-state index in [2.05, 4.69) is 55.5 Å². The second-order valence-electron chi connectivity index (χ2n) is 5.35. The second kappa shape index (κ2) is 6.18. The minimum absolute atomic E-state index is 0.509. The van der Waals surface area contributed by atoms with Crippen LogP contribution in [0, 0.1) is 0 Å². The van der Waals surface area contributed by atoms with Gasteiger partial charge in [-0.2, -0.15) is 0 Å². The monoisotopic (exact) mass is 326 g/mol. The van der Waals surface area contributed by atoms with Crippen molar-refractivity contribution in [2.24, 2.45) is 0 Å². The van der Waals surface area contributed by atoms with Crippen molar-refractivity contribution >= 4 is 3.28 Å². The van der Waals surface area contributed by atoms with Crippen LogP contribution in [-0.2, 0) is 29.7 Å². The average molecular weight is 328 g/mol. The number of benzene rings is 1. The standard InChI is InChI=1S/C9H7.C9H13.Zr/c1-2-5-9-7-3-6-8(9)4-1;1-2-3-6-9-7-4-5-8-9;/h1-5H,6H2;4-5,7-8H,2-3,6H2,1H3;. The van der Waals surface area contributed by atoms with Gasteiger partial charge in [0.15, 0.2) is 0 Å². The molecule has 0 heterocycles. The van der Waals surface area contributed by atoms with E-state index in [1.165, 1.54) is 24.8 Å². The summed E-state index contributed by atoms with van der Waals surface area (Å²) < 4.78 is 2.50. The third-order valence-electron chi connectivity index (χ3n) is 3.89. The Morgan fingerprint density at radius 2 is 2.16 bits per heavy atom. The molecule has 1 atom stereocenters. The third kappa shape index (κ3) is 3.08. The number of hydrogen-bond acceptors (Lipinski definition) is 0. The average Bonchev–Trinajstić information content (AvgIpc) is 3.05. The number of unbranched alkanes of at least 4 members (excludes halogenated alkanes) is 1. The zero-order valence-electron chi connectivity index (χ0n) is 11.5. The Morgan fingerprint density at radius 1 is 1.26 bits per heavy atom. The van der Waals surface area contributed by atoms with E-state index in [-0.39, 0.29) is 0 Å². The van der Waals surface area contributed by atoms with Crippen molar-refractivity contribution in [3.63, 3.8) is 0 Å². The molecule has 1 aromatic carbocycles. The molecule has 96 valence electrons. The van der Waals surface area contributed by atoms with E-state index in [0.29, 0.717) is 0 Å². The molecular formula is C18H20Zr. The van der Waals surface area contributed by atoms with Crippen LogP contribution in [0.15, 0.2) is 54.1 Å². The van der Waals surface area contributed by atoms with Gasteiger partial charge in [0.25, 0.3) is 0 Å².